The first-order valence-electron chi connectivity index (χ1n) is 46.9. The van der Waals surface area contributed by atoms with Crippen LogP contribution in [0.3, 0.4) is 0 Å². The fourth-order valence-corrected chi connectivity index (χ4v) is 19.1. The molecular weight excluding hydrogens is 1680 g/mol. The van der Waals surface area contributed by atoms with Crippen LogP contribution < -0.4 is 0 Å². The summed E-state index contributed by atoms with van der Waals surface area (Å²) >= 11 is 0. The van der Waals surface area contributed by atoms with Crippen LogP contribution in [0.5, 0.6) is 0 Å². The summed E-state index contributed by atoms with van der Waals surface area (Å²) < 4.78 is 17.4. The van der Waals surface area contributed by atoms with Crippen molar-refractivity contribution in [1.29, 1.82) is 0 Å². The Balaban J connectivity index is 0.0000000928. The molecule has 6 aromatic heterocycles. The van der Waals surface area contributed by atoms with E-state index in [0.29, 0.717) is 0 Å². The highest BCUT2D eigenvalue weighted by Gasteiger charge is 2.15. The van der Waals surface area contributed by atoms with Gasteiger partial charge in [-0.15, -0.1) is 0 Å². The van der Waals surface area contributed by atoms with Gasteiger partial charge in [0.15, 0.2) is 0 Å². The molecule has 0 atom stereocenters. The van der Waals surface area contributed by atoms with Gasteiger partial charge < -0.3 is 13.3 Å². The molecular formula is C129H98N6O3. The Kier molecular flexibility index (Phi) is 24.2. The molecule has 0 saturated heterocycles. The minimum absolute atomic E-state index is 0.953. The normalized spacial score (nSPS) is 11.2. The molecule has 0 aliphatic carbocycles. The SMILES string of the molecule is Cc1ccc2c(c1)oc1ccccc12.Cc1ccc2ccc3cccc4ccc1c2c34.Cc1ccc2nc3ccccc3nc2c1.Cc1ccc2oc3ccc4ccccc4c3c2c1.Cc1ccc2oc3ccccc3c2c1.Cc1cccc2c1ccc1c3ccccc3ccc21.Cc1cccc2c1ccc1ccccc12.Cc1cnc2cc3ccccc3cc2n1.Cc1cnnc2ccccc12. The van der Waals surface area contributed by atoms with Crippen LogP contribution in [0.1, 0.15) is 50.2 Å². The summed E-state index contributed by atoms with van der Waals surface area (Å²) in [7, 11) is 0. The molecule has 9 heteroatoms. The highest BCUT2D eigenvalue weighted by atomic mass is 16.3. The van der Waals surface area contributed by atoms with Gasteiger partial charge in [0.05, 0.1) is 50.5 Å². The maximum absolute atomic E-state index is 5.92. The topological polar surface area (TPSA) is 117 Å². The number of nitrogens with zero attached hydrogens (tertiary/aromatic N) is 6. The zero-order valence-corrected chi connectivity index (χ0v) is 78.4. The Morgan fingerprint density at radius 2 is 0.536 bits per heavy atom. The molecule has 0 spiro atoms. The third kappa shape index (κ3) is 17.9. The van der Waals surface area contributed by atoms with Gasteiger partial charge in [0, 0.05) is 43.9 Å². The van der Waals surface area contributed by atoms with Gasteiger partial charge in [-0.2, -0.15) is 10.2 Å². The molecule has 29 rings (SSSR count). The number of para-hydroxylation sites is 4. The second kappa shape index (κ2) is 38.3. The summed E-state index contributed by atoms with van der Waals surface area (Å²) in [6.07, 6.45) is 3.58. The fraction of sp³-hybridized carbons (Fsp3) is 0.0698. The van der Waals surface area contributed by atoms with Crippen molar-refractivity contribution in [2.24, 2.45) is 0 Å². The number of hydrogen-bond donors (Lipinski definition) is 0. The lowest BCUT2D eigenvalue weighted by molar-refractivity contribution is 0.668. The third-order valence-electron chi connectivity index (χ3n) is 26.1. The summed E-state index contributed by atoms with van der Waals surface area (Å²) in [5.74, 6) is 0. The second-order valence-corrected chi connectivity index (χ2v) is 35.7. The van der Waals surface area contributed by atoms with Gasteiger partial charge >= 0.3 is 0 Å². The van der Waals surface area contributed by atoms with Crippen LogP contribution in [0.25, 0.3) is 218 Å². The molecule has 29 aromatic rings. The van der Waals surface area contributed by atoms with Gasteiger partial charge in [0.25, 0.3) is 0 Å². The number of fused-ring (bicyclic) bond motifs is 24. The molecule has 0 aliphatic heterocycles. The van der Waals surface area contributed by atoms with Crippen molar-refractivity contribution in [2.75, 3.05) is 0 Å². The number of aryl methyl sites for hydroxylation is 9. The van der Waals surface area contributed by atoms with Gasteiger partial charge in [0.2, 0.25) is 0 Å². The first kappa shape index (κ1) is 87.3. The number of benzene rings is 23. The van der Waals surface area contributed by atoms with E-state index in [1.807, 2.05) is 117 Å². The first-order chi connectivity index (χ1) is 67.6. The van der Waals surface area contributed by atoms with Gasteiger partial charge in [-0.1, -0.05) is 339 Å². The van der Waals surface area contributed by atoms with Crippen LogP contribution in [0.4, 0.5) is 0 Å². The van der Waals surface area contributed by atoms with Crippen LogP contribution >= 0.6 is 0 Å². The average molecular weight is 1780 g/mol. The van der Waals surface area contributed by atoms with E-state index in [9.17, 15) is 0 Å². The molecule has 0 unspecified atom stereocenters. The molecule has 6 heterocycles. The van der Waals surface area contributed by atoms with E-state index in [2.05, 4.69) is 394 Å². The average Bonchev–Trinajstić information content (AvgIpc) is 1.67. The minimum atomic E-state index is 0.953. The molecule has 0 radical (unpaired) electrons. The summed E-state index contributed by atoms with van der Waals surface area (Å²) in [6, 6.07) is 146. The predicted octanol–water partition coefficient (Wildman–Crippen LogP) is 35.6. The maximum Gasteiger partial charge on any atom is 0.136 e. The Labute approximate surface area is 799 Å². The molecule has 0 saturated carbocycles. The van der Waals surface area contributed by atoms with E-state index >= 15 is 0 Å². The van der Waals surface area contributed by atoms with Gasteiger partial charge in [-0.3, -0.25) is 4.98 Å². The van der Waals surface area contributed by atoms with Crippen molar-refractivity contribution < 1.29 is 13.3 Å². The van der Waals surface area contributed by atoms with Crippen molar-refractivity contribution in [1.82, 2.24) is 30.1 Å². The van der Waals surface area contributed by atoms with Gasteiger partial charge in [-0.05, 0) is 294 Å². The van der Waals surface area contributed by atoms with Crippen LogP contribution in [0.15, 0.2) is 444 Å². The van der Waals surface area contributed by atoms with Crippen LogP contribution in [-0.2, 0) is 0 Å². The van der Waals surface area contributed by atoms with Crippen LogP contribution in [0.2, 0.25) is 0 Å². The summed E-state index contributed by atoms with van der Waals surface area (Å²) in [4.78, 5) is 18.0. The summed E-state index contributed by atoms with van der Waals surface area (Å²) in [5, 5.41) is 42.9. The smallest absolute Gasteiger partial charge is 0.136 e. The van der Waals surface area contributed by atoms with Gasteiger partial charge in [-0.25, -0.2) is 15.0 Å². The Morgan fingerprint density at radius 1 is 0.167 bits per heavy atom. The fourth-order valence-electron chi connectivity index (χ4n) is 19.1. The van der Waals surface area contributed by atoms with E-state index in [1.165, 1.54) is 190 Å². The number of rotatable bonds is 0. The quantitative estimate of drug-likeness (QED) is 0.108. The van der Waals surface area contributed by atoms with Crippen LogP contribution in [-0.4, -0.2) is 30.1 Å². The summed E-state index contributed by atoms with van der Waals surface area (Å²) in [5.41, 5.74) is 23.7. The molecule has 138 heavy (non-hydrogen) atoms. The number of aromatic nitrogens is 6. The monoisotopic (exact) mass is 1780 g/mol. The van der Waals surface area contributed by atoms with Crippen molar-refractivity contribution >= 4 is 218 Å². The predicted molar refractivity (Wildman–Crippen MR) is 585 cm³/mol. The number of furan rings is 3. The Hall–Kier alpha value is -17.4. The molecule has 0 aliphatic rings. The lowest BCUT2D eigenvalue weighted by Crippen LogP contribution is -1.87. The lowest BCUT2D eigenvalue weighted by atomic mass is 9.92. The standard InChI is InChI=1S/C19H14.C17H12O.C17H12.C15H12.2C13H10N2.2C13H10O.C9H8N2/c1-13-5-4-8-17-15(13)11-12-18-16-7-3-2-6-14(16)9-10-19(17)18;1-11-6-8-15-14(10-11)17-13-5-3-2-4-12(13)7-9-16(17)18-15;1-11-5-6-14-8-7-12-3-2-4-13-9-10-15(11)17(14)16(12)13;1-11-5-4-8-15-13(11)10-9-12-6-2-3-7-14(12)15;1-9-8-14-12-6-10-4-2-3-5-11(10)7-13(12)15-9;1-9-6-7-12-13(8-9)15-11-5-3-2-4-10(11)14-12;1-9-6-7-13-11(8-9)10-4-2-3-5-12(10)14-13;1-9-6-7-11-10-4-2-3-5-12(10)14-13(11)8-9;1-7-6-10-11-9-5-3-2-4-8(7)9/h2-12H,1H3;2-10H,1H3;2-10H,1H3;2-10H,1H3;2*2-8H,1H3;2*2-8H,1H3;2-6H,1H3. The highest BCUT2D eigenvalue weighted by Crippen LogP contribution is 2.40. The maximum atomic E-state index is 5.92. The lowest BCUT2D eigenvalue weighted by Gasteiger charge is -2.11. The largest absolute Gasteiger partial charge is 0.456 e. The molecule has 23 aromatic carbocycles. The molecule has 9 nitrogen and oxygen atoms in total. The zero-order chi connectivity index (χ0) is 93.9. The van der Waals surface area contributed by atoms with Crippen molar-refractivity contribution in [3.63, 3.8) is 0 Å². The van der Waals surface area contributed by atoms with E-state index < -0.39 is 0 Å². The Morgan fingerprint density at radius 3 is 1.20 bits per heavy atom. The van der Waals surface area contributed by atoms with E-state index in [-0.39, 0.29) is 0 Å². The van der Waals surface area contributed by atoms with Crippen molar-refractivity contribution in [3.05, 3.63) is 481 Å². The van der Waals surface area contributed by atoms with E-state index in [4.69, 9.17) is 13.3 Å². The minimum Gasteiger partial charge on any atom is -0.456 e. The zero-order valence-electron chi connectivity index (χ0n) is 78.4. The molecule has 0 fully saturated rings. The molecule has 0 bridgehead atoms. The van der Waals surface area contributed by atoms with E-state index in [1.54, 1.807) is 12.4 Å². The summed E-state index contributed by atoms with van der Waals surface area (Å²) in [6.45, 7) is 18.9. The molecule has 0 amide bonds. The highest BCUT2D eigenvalue weighted by molar-refractivity contribution is 6.24. The Bertz CT molecular complexity index is 9500. The second-order valence-electron chi connectivity index (χ2n) is 35.7. The number of hydrogen-bond acceptors (Lipinski definition) is 9. The van der Waals surface area contributed by atoms with Crippen molar-refractivity contribution in [2.45, 2.75) is 62.3 Å². The van der Waals surface area contributed by atoms with Gasteiger partial charge in [0.1, 0.15) is 33.5 Å². The van der Waals surface area contributed by atoms with E-state index in [0.717, 1.165) is 77.8 Å². The molecule has 0 N–H and O–H groups in total. The van der Waals surface area contributed by atoms with Crippen molar-refractivity contribution in [3.8, 4) is 0 Å². The molecule has 662 valence electrons. The first-order valence-corrected chi connectivity index (χ1v) is 46.9. The third-order valence-corrected chi connectivity index (χ3v) is 26.1. The van der Waals surface area contributed by atoms with Crippen LogP contribution in [0, 0.1) is 62.3 Å².